The monoisotopic (exact) mass is 329 g/mol. The summed E-state index contributed by atoms with van der Waals surface area (Å²) < 4.78 is 6.20. The molecule has 6 nitrogen and oxygen atoms in total. The molecule has 0 aliphatic carbocycles. The predicted molar refractivity (Wildman–Crippen MR) is 89.9 cm³/mol. The molecule has 0 fully saturated rings. The number of amides is 1. The zero-order valence-electron chi connectivity index (χ0n) is 12.7. The molecular weight excluding hydrogens is 314 g/mol. The van der Waals surface area contributed by atoms with Gasteiger partial charge in [0, 0.05) is 10.4 Å². The summed E-state index contributed by atoms with van der Waals surface area (Å²) in [4.78, 5) is 30.7. The highest BCUT2D eigenvalue weighted by Crippen LogP contribution is 2.20. The minimum absolute atomic E-state index is 0.290. The molecule has 0 aliphatic rings. The maximum Gasteiger partial charge on any atom is 0.280 e. The van der Waals surface area contributed by atoms with Gasteiger partial charge in [0.25, 0.3) is 11.5 Å². The topological polar surface area (TPSA) is 73.2 Å². The number of aryl methyl sites for hydroxylation is 1. The maximum atomic E-state index is 12.4. The smallest absolute Gasteiger partial charge is 0.280 e. The van der Waals surface area contributed by atoms with Gasteiger partial charge in [0.2, 0.25) is 0 Å². The lowest BCUT2D eigenvalue weighted by Gasteiger charge is -2.08. The molecule has 1 aromatic carbocycles. The van der Waals surface area contributed by atoms with E-state index in [4.69, 9.17) is 4.74 Å². The molecule has 2 heterocycles. The van der Waals surface area contributed by atoms with Crippen LogP contribution >= 0.6 is 11.3 Å². The Labute approximate surface area is 136 Å². The van der Waals surface area contributed by atoms with Crippen molar-refractivity contribution in [3.63, 3.8) is 0 Å². The minimum atomic E-state index is -0.405. The van der Waals surface area contributed by atoms with E-state index in [2.05, 4.69) is 10.4 Å². The number of nitrogens with one attached hydrogen (secondary N) is 1. The first-order valence-corrected chi connectivity index (χ1v) is 7.89. The van der Waals surface area contributed by atoms with Crippen LogP contribution in [0.4, 0.5) is 0 Å². The molecule has 3 rings (SSSR count). The number of thiophene rings is 1. The fourth-order valence-corrected chi connectivity index (χ4v) is 3.09. The van der Waals surface area contributed by atoms with Gasteiger partial charge in [-0.05, 0) is 30.7 Å². The van der Waals surface area contributed by atoms with E-state index < -0.39 is 5.91 Å². The summed E-state index contributed by atoms with van der Waals surface area (Å²) in [7, 11) is 1.53. The van der Waals surface area contributed by atoms with Gasteiger partial charge >= 0.3 is 0 Å². The van der Waals surface area contributed by atoms with Crippen LogP contribution in [0.5, 0.6) is 5.75 Å². The van der Waals surface area contributed by atoms with Crippen LogP contribution in [0.25, 0.3) is 10.2 Å². The molecule has 0 atom stereocenters. The van der Waals surface area contributed by atoms with Crippen molar-refractivity contribution in [1.82, 2.24) is 9.66 Å². The lowest BCUT2D eigenvalue weighted by molar-refractivity contribution is 0.101. The van der Waals surface area contributed by atoms with Crippen LogP contribution in [0.1, 0.15) is 22.2 Å². The Morgan fingerprint density at radius 1 is 1.39 bits per heavy atom. The Morgan fingerprint density at radius 2 is 2.22 bits per heavy atom. The molecule has 1 N–H and O–H groups in total. The summed E-state index contributed by atoms with van der Waals surface area (Å²) in [6, 6.07) is 8.53. The Hall–Kier alpha value is -2.67. The van der Waals surface area contributed by atoms with Crippen LogP contribution < -0.4 is 15.7 Å². The molecule has 3 aromatic rings. The molecule has 0 aliphatic heterocycles. The fourth-order valence-electron chi connectivity index (χ4n) is 2.16. The van der Waals surface area contributed by atoms with Crippen LogP contribution in [0.15, 0.2) is 41.5 Å². The number of ether oxygens (including phenoxy) is 1. The standard InChI is InChI=1S/C16H15N3O3S/c1-3-12-8-13-15(23-12)17-9-19(16(13)21)18-14(20)10-5-4-6-11(7-10)22-2/h4-9H,3H2,1-2H3,(H,18,20). The third kappa shape index (κ3) is 2.95. The number of aromatic nitrogens is 2. The van der Waals surface area contributed by atoms with Crippen molar-refractivity contribution in [1.29, 1.82) is 0 Å². The summed E-state index contributed by atoms with van der Waals surface area (Å²) in [5, 5.41) is 0.514. The molecule has 1 amide bonds. The first-order valence-electron chi connectivity index (χ1n) is 7.08. The van der Waals surface area contributed by atoms with E-state index in [-0.39, 0.29) is 5.56 Å². The highest BCUT2D eigenvalue weighted by atomic mass is 32.1. The zero-order chi connectivity index (χ0) is 16.4. The van der Waals surface area contributed by atoms with Crippen molar-refractivity contribution in [3.05, 3.63) is 57.5 Å². The summed E-state index contributed by atoms with van der Waals surface area (Å²) in [5.41, 5.74) is 2.66. The van der Waals surface area contributed by atoms with E-state index in [1.54, 1.807) is 24.3 Å². The third-order valence-corrected chi connectivity index (χ3v) is 4.59. The highest BCUT2D eigenvalue weighted by Gasteiger charge is 2.12. The largest absolute Gasteiger partial charge is 0.497 e. The van der Waals surface area contributed by atoms with Crippen molar-refractivity contribution in [2.75, 3.05) is 12.5 Å². The number of rotatable bonds is 4. The van der Waals surface area contributed by atoms with Gasteiger partial charge in [0.1, 0.15) is 16.9 Å². The zero-order valence-corrected chi connectivity index (χ0v) is 13.5. The van der Waals surface area contributed by atoms with Gasteiger partial charge < -0.3 is 4.74 Å². The number of fused-ring (bicyclic) bond motifs is 1. The molecule has 0 saturated carbocycles. The van der Waals surface area contributed by atoms with Crippen LogP contribution in [0.3, 0.4) is 0 Å². The number of benzene rings is 1. The minimum Gasteiger partial charge on any atom is -0.497 e. The number of hydrogen-bond donors (Lipinski definition) is 1. The van der Waals surface area contributed by atoms with Gasteiger partial charge in [-0.2, -0.15) is 0 Å². The van der Waals surface area contributed by atoms with E-state index in [9.17, 15) is 9.59 Å². The average molecular weight is 329 g/mol. The van der Waals surface area contributed by atoms with Crippen molar-refractivity contribution >= 4 is 27.5 Å². The molecule has 0 radical (unpaired) electrons. The van der Waals surface area contributed by atoms with E-state index in [0.717, 1.165) is 16.0 Å². The van der Waals surface area contributed by atoms with Crippen LogP contribution in [-0.2, 0) is 6.42 Å². The Bertz CT molecular complexity index is 930. The molecule has 0 unspecified atom stereocenters. The average Bonchev–Trinajstić information content (AvgIpc) is 3.01. The second kappa shape index (κ2) is 6.21. The summed E-state index contributed by atoms with van der Waals surface area (Å²) in [5.74, 6) is 0.169. The number of methoxy groups -OCH3 is 1. The number of carbonyl (C=O) groups is 1. The van der Waals surface area contributed by atoms with Gasteiger partial charge in [-0.1, -0.05) is 13.0 Å². The number of carbonyl (C=O) groups excluding carboxylic acids is 1. The van der Waals surface area contributed by atoms with Gasteiger partial charge in [0.05, 0.1) is 12.5 Å². The molecule has 0 spiro atoms. The predicted octanol–water partition coefficient (Wildman–Crippen LogP) is 2.41. The fraction of sp³-hybridized carbons (Fsp3) is 0.188. The Kier molecular flexibility index (Phi) is 4.12. The number of nitrogens with zero attached hydrogens (tertiary/aromatic N) is 2. The van der Waals surface area contributed by atoms with Crippen molar-refractivity contribution in [3.8, 4) is 5.75 Å². The van der Waals surface area contributed by atoms with Gasteiger partial charge in [-0.3, -0.25) is 15.0 Å². The van der Waals surface area contributed by atoms with Crippen LogP contribution in [0.2, 0.25) is 0 Å². The van der Waals surface area contributed by atoms with E-state index in [1.165, 1.54) is 24.8 Å². The molecule has 23 heavy (non-hydrogen) atoms. The van der Waals surface area contributed by atoms with Gasteiger partial charge in [0.15, 0.2) is 0 Å². The third-order valence-electron chi connectivity index (χ3n) is 3.41. The van der Waals surface area contributed by atoms with Crippen LogP contribution in [-0.4, -0.2) is 22.7 Å². The summed E-state index contributed by atoms with van der Waals surface area (Å²) >= 11 is 1.49. The van der Waals surface area contributed by atoms with E-state index >= 15 is 0 Å². The second-order valence-electron chi connectivity index (χ2n) is 4.88. The molecule has 7 heteroatoms. The van der Waals surface area contributed by atoms with E-state index in [0.29, 0.717) is 21.5 Å². The first-order chi connectivity index (χ1) is 11.1. The lowest BCUT2D eigenvalue weighted by atomic mass is 10.2. The number of hydrogen-bond acceptors (Lipinski definition) is 5. The summed E-state index contributed by atoms with van der Waals surface area (Å²) in [6.45, 7) is 2.02. The molecule has 0 saturated heterocycles. The Balaban J connectivity index is 1.93. The first kappa shape index (κ1) is 15.2. The van der Waals surface area contributed by atoms with Gasteiger partial charge in [-0.15, -0.1) is 11.3 Å². The second-order valence-corrected chi connectivity index (χ2v) is 5.99. The molecule has 2 aromatic heterocycles. The van der Waals surface area contributed by atoms with Crippen molar-refractivity contribution in [2.24, 2.45) is 0 Å². The van der Waals surface area contributed by atoms with Gasteiger partial charge in [-0.25, -0.2) is 9.66 Å². The lowest BCUT2D eigenvalue weighted by Crippen LogP contribution is -2.33. The normalized spacial score (nSPS) is 10.7. The molecular formula is C16H15N3O3S. The quantitative estimate of drug-likeness (QED) is 0.798. The van der Waals surface area contributed by atoms with Crippen LogP contribution in [0, 0.1) is 0 Å². The summed E-state index contributed by atoms with van der Waals surface area (Å²) in [6.07, 6.45) is 2.18. The van der Waals surface area contributed by atoms with Crippen molar-refractivity contribution < 1.29 is 9.53 Å². The maximum absolute atomic E-state index is 12.4. The molecule has 0 bridgehead atoms. The molecule has 118 valence electrons. The van der Waals surface area contributed by atoms with E-state index in [1.807, 2.05) is 13.0 Å². The SMILES string of the molecule is CCc1cc2c(=O)n(NC(=O)c3cccc(OC)c3)cnc2s1. The Morgan fingerprint density at radius 3 is 2.96 bits per heavy atom. The highest BCUT2D eigenvalue weighted by molar-refractivity contribution is 7.18. The van der Waals surface area contributed by atoms with Crippen molar-refractivity contribution in [2.45, 2.75) is 13.3 Å².